The molecule has 0 aliphatic heterocycles. The molecule has 0 saturated heterocycles. The topological polar surface area (TPSA) is 56.3 Å². The Bertz CT molecular complexity index is 625. The SMILES string of the molecule is CCOCc1nc(NC)cc(Oc2ccc(F)c(Cl)c2)n1. The van der Waals surface area contributed by atoms with Gasteiger partial charge in [0.1, 0.15) is 24.0 Å². The Morgan fingerprint density at radius 2 is 2.10 bits per heavy atom. The second kappa shape index (κ2) is 7.19. The van der Waals surface area contributed by atoms with Crippen LogP contribution in [0, 0.1) is 5.82 Å². The first-order valence-corrected chi connectivity index (χ1v) is 6.76. The van der Waals surface area contributed by atoms with Gasteiger partial charge in [0.15, 0.2) is 5.82 Å². The summed E-state index contributed by atoms with van der Waals surface area (Å²) < 4.78 is 24.0. The number of nitrogens with one attached hydrogen (secondary N) is 1. The minimum absolute atomic E-state index is 0.00932. The number of hydrogen-bond donors (Lipinski definition) is 1. The van der Waals surface area contributed by atoms with Crippen LogP contribution in [-0.4, -0.2) is 23.6 Å². The molecule has 2 rings (SSSR count). The molecule has 0 atom stereocenters. The van der Waals surface area contributed by atoms with Gasteiger partial charge in [-0.25, -0.2) is 9.37 Å². The smallest absolute Gasteiger partial charge is 0.224 e. The lowest BCUT2D eigenvalue weighted by Crippen LogP contribution is -2.04. The number of ether oxygens (including phenoxy) is 2. The zero-order valence-electron chi connectivity index (χ0n) is 11.7. The number of halogens is 2. The summed E-state index contributed by atoms with van der Waals surface area (Å²) in [5, 5.41) is 2.91. The van der Waals surface area contributed by atoms with Crippen LogP contribution < -0.4 is 10.1 Å². The molecule has 0 saturated carbocycles. The molecule has 7 heteroatoms. The van der Waals surface area contributed by atoms with Crippen molar-refractivity contribution in [2.75, 3.05) is 19.0 Å². The van der Waals surface area contributed by atoms with Crippen LogP contribution in [0.15, 0.2) is 24.3 Å². The lowest BCUT2D eigenvalue weighted by Gasteiger charge is -2.09. The summed E-state index contributed by atoms with van der Waals surface area (Å²) in [5.74, 6) is 1.31. The Morgan fingerprint density at radius 3 is 2.76 bits per heavy atom. The largest absolute Gasteiger partial charge is 0.439 e. The molecule has 21 heavy (non-hydrogen) atoms. The third kappa shape index (κ3) is 4.27. The third-order valence-electron chi connectivity index (χ3n) is 2.55. The minimum atomic E-state index is -0.500. The van der Waals surface area contributed by atoms with Crippen LogP contribution in [0.1, 0.15) is 12.7 Å². The summed E-state index contributed by atoms with van der Waals surface area (Å²) in [6.45, 7) is 2.74. The van der Waals surface area contributed by atoms with Crippen LogP contribution in [0.4, 0.5) is 10.2 Å². The van der Waals surface area contributed by atoms with Crippen LogP contribution >= 0.6 is 11.6 Å². The maximum atomic E-state index is 13.1. The maximum absolute atomic E-state index is 13.1. The van der Waals surface area contributed by atoms with Gasteiger partial charge in [-0.15, -0.1) is 0 Å². The number of hydrogen-bond acceptors (Lipinski definition) is 5. The van der Waals surface area contributed by atoms with E-state index in [9.17, 15) is 4.39 Å². The molecule has 5 nitrogen and oxygen atoms in total. The molecule has 1 aromatic heterocycles. The molecule has 2 aromatic rings. The molecular weight excluding hydrogens is 297 g/mol. The highest BCUT2D eigenvalue weighted by Gasteiger charge is 2.08. The van der Waals surface area contributed by atoms with Crippen LogP contribution in [-0.2, 0) is 11.3 Å². The minimum Gasteiger partial charge on any atom is -0.439 e. The van der Waals surface area contributed by atoms with Crippen molar-refractivity contribution >= 4 is 17.4 Å². The van der Waals surface area contributed by atoms with E-state index in [1.807, 2.05) is 6.92 Å². The number of rotatable bonds is 6. The lowest BCUT2D eigenvalue weighted by atomic mass is 10.3. The highest BCUT2D eigenvalue weighted by atomic mass is 35.5. The molecule has 0 fully saturated rings. The van der Waals surface area contributed by atoms with Crippen molar-refractivity contribution in [1.29, 1.82) is 0 Å². The summed E-state index contributed by atoms with van der Waals surface area (Å²) in [6, 6.07) is 5.73. The van der Waals surface area contributed by atoms with Crippen molar-refractivity contribution in [3.8, 4) is 11.6 Å². The van der Waals surface area contributed by atoms with Crippen molar-refractivity contribution in [2.45, 2.75) is 13.5 Å². The normalized spacial score (nSPS) is 10.5. The maximum Gasteiger partial charge on any atom is 0.224 e. The van der Waals surface area contributed by atoms with E-state index in [0.717, 1.165) is 0 Å². The van der Waals surface area contributed by atoms with E-state index in [2.05, 4.69) is 15.3 Å². The molecule has 1 heterocycles. The first-order chi connectivity index (χ1) is 10.1. The van der Waals surface area contributed by atoms with Gasteiger partial charge in [0, 0.05) is 25.8 Å². The summed E-state index contributed by atoms with van der Waals surface area (Å²) in [6.07, 6.45) is 0. The Morgan fingerprint density at radius 1 is 1.29 bits per heavy atom. The monoisotopic (exact) mass is 311 g/mol. The molecule has 112 valence electrons. The van der Waals surface area contributed by atoms with Crippen LogP contribution in [0.25, 0.3) is 0 Å². The number of anilines is 1. The molecule has 1 N–H and O–H groups in total. The molecular formula is C14H15ClFN3O2. The van der Waals surface area contributed by atoms with Crippen molar-refractivity contribution < 1.29 is 13.9 Å². The Hall–Kier alpha value is -1.92. The predicted molar refractivity (Wildman–Crippen MR) is 78.4 cm³/mol. The second-order valence-electron chi connectivity index (χ2n) is 4.07. The zero-order valence-corrected chi connectivity index (χ0v) is 12.4. The summed E-state index contributed by atoms with van der Waals surface area (Å²) in [4.78, 5) is 8.48. The fraction of sp³-hybridized carbons (Fsp3) is 0.286. The van der Waals surface area contributed by atoms with Gasteiger partial charge in [0.2, 0.25) is 5.88 Å². The molecule has 0 aliphatic carbocycles. The number of benzene rings is 1. The van der Waals surface area contributed by atoms with Gasteiger partial charge < -0.3 is 14.8 Å². The Labute approximate surface area is 127 Å². The average molecular weight is 312 g/mol. The van der Waals surface area contributed by atoms with E-state index >= 15 is 0 Å². The van der Waals surface area contributed by atoms with E-state index in [4.69, 9.17) is 21.1 Å². The summed E-state index contributed by atoms with van der Waals surface area (Å²) in [7, 11) is 1.74. The van der Waals surface area contributed by atoms with E-state index in [1.165, 1.54) is 18.2 Å². The summed E-state index contributed by atoms with van der Waals surface area (Å²) in [5.41, 5.74) is 0. The fourth-order valence-corrected chi connectivity index (χ4v) is 1.74. The first kappa shape index (κ1) is 15.5. The van der Waals surface area contributed by atoms with Gasteiger partial charge in [0.05, 0.1) is 5.02 Å². The molecule has 0 aliphatic rings. The first-order valence-electron chi connectivity index (χ1n) is 6.38. The summed E-state index contributed by atoms with van der Waals surface area (Å²) >= 11 is 5.72. The van der Waals surface area contributed by atoms with Crippen molar-refractivity contribution in [3.05, 3.63) is 40.9 Å². The Kier molecular flexibility index (Phi) is 5.30. The van der Waals surface area contributed by atoms with Crippen LogP contribution in [0.2, 0.25) is 5.02 Å². The van der Waals surface area contributed by atoms with E-state index in [0.29, 0.717) is 29.9 Å². The molecule has 0 spiro atoms. The van der Waals surface area contributed by atoms with Gasteiger partial charge >= 0.3 is 0 Å². The highest BCUT2D eigenvalue weighted by molar-refractivity contribution is 6.30. The molecule has 0 bridgehead atoms. The predicted octanol–water partition coefficient (Wildman–Crippen LogP) is 3.64. The van der Waals surface area contributed by atoms with Crippen molar-refractivity contribution in [2.24, 2.45) is 0 Å². The number of aromatic nitrogens is 2. The van der Waals surface area contributed by atoms with Gasteiger partial charge in [-0.3, -0.25) is 0 Å². The highest BCUT2D eigenvalue weighted by Crippen LogP contribution is 2.26. The van der Waals surface area contributed by atoms with E-state index < -0.39 is 5.82 Å². The quantitative estimate of drug-likeness (QED) is 0.882. The Balaban J connectivity index is 2.23. The number of nitrogens with zero attached hydrogens (tertiary/aromatic N) is 2. The van der Waals surface area contributed by atoms with Crippen molar-refractivity contribution in [1.82, 2.24) is 9.97 Å². The zero-order chi connectivity index (χ0) is 15.2. The lowest BCUT2D eigenvalue weighted by molar-refractivity contribution is 0.128. The second-order valence-corrected chi connectivity index (χ2v) is 4.48. The molecule has 0 radical (unpaired) electrons. The van der Waals surface area contributed by atoms with E-state index in [-0.39, 0.29) is 11.6 Å². The van der Waals surface area contributed by atoms with E-state index in [1.54, 1.807) is 13.1 Å². The fourth-order valence-electron chi connectivity index (χ4n) is 1.57. The molecule has 0 unspecified atom stereocenters. The molecule has 1 aromatic carbocycles. The van der Waals surface area contributed by atoms with Gasteiger partial charge in [-0.05, 0) is 19.1 Å². The van der Waals surface area contributed by atoms with Crippen LogP contribution in [0.3, 0.4) is 0 Å². The third-order valence-corrected chi connectivity index (χ3v) is 2.84. The molecule has 0 amide bonds. The van der Waals surface area contributed by atoms with Crippen molar-refractivity contribution in [3.63, 3.8) is 0 Å². The van der Waals surface area contributed by atoms with Gasteiger partial charge in [-0.2, -0.15) is 4.98 Å². The van der Waals surface area contributed by atoms with Gasteiger partial charge in [0.25, 0.3) is 0 Å². The van der Waals surface area contributed by atoms with Crippen LogP contribution in [0.5, 0.6) is 11.6 Å². The average Bonchev–Trinajstić information content (AvgIpc) is 2.48. The standard InChI is InChI=1S/C14H15ClFN3O2/c1-3-20-8-13-18-12(17-2)7-14(19-13)21-9-4-5-11(16)10(15)6-9/h4-7H,3,8H2,1-2H3,(H,17,18,19). The van der Waals surface area contributed by atoms with Gasteiger partial charge in [-0.1, -0.05) is 11.6 Å².